The summed E-state index contributed by atoms with van der Waals surface area (Å²) >= 11 is 0. The largest absolute Gasteiger partial charge is 0.573 e. The lowest BCUT2D eigenvalue weighted by molar-refractivity contribution is -0.389. The maximum absolute atomic E-state index is 13.9. The Labute approximate surface area is 143 Å². The topological polar surface area (TPSA) is 91.5 Å². The van der Waals surface area contributed by atoms with E-state index in [0.717, 1.165) is 6.07 Å². The number of nitrogens with one attached hydrogen (secondary N) is 1. The molecule has 3 rings (SSSR count). The van der Waals surface area contributed by atoms with Crippen LogP contribution in [0, 0.1) is 15.9 Å². The molecular weight excluding hydrogens is 364 g/mol. The quantitative estimate of drug-likeness (QED) is 0.490. The van der Waals surface area contributed by atoms with Crippen LogP contribution in [-0.2, 0) is 13.1 Å². The highest BCUT2D eigenvalue weighted by Gasteiger charge is 2.31. The number of rotatable bonds is 5. The summed E-state index contributed by atoms with van der Waals surface area (Å²) in [5.74, 6) is -1.84. The fourth-order valence-electron chi connectivity index (χ4n) is 2.43. The van der Waals surface area contributed by atoms with Crippen LogP contribution in [0.15, 0.2) is 24.4 Å². The van der Waals surface area contributed by atoms with Gasteiger partial charge in [0.05, 0.1) is 6.04 Å². The summed E-state index contributed by atoms with van der Waals surface area (Å²) in [5, 5.41) is 13.7. The molecule has 1 aliphatic rings. The van der Waals surface area contributed by atoms with Crippen molar-refractivity contribution in [3.05, 3.63) is 45.9 Å². The van der Waals surface area contributed by atoms with Crippen LogP contribution in [0.4, 0.5) is 23.4 Å². The van der Waals surface area contributed by atoms with Gasteiger partial charge in [-0.05, 0) is 11.0 Å². The Hall–Kier alpha value is -2.89. The number of benzene rings is 1. The Morgan fingerprint density at radius 1 is 1.46 bits per heavy atom. The number of nitrogens with zero attached hydrogens (tertiary/aromatic N) is 3. The predicted octanol–water partition coefficient (Wildman–Crippen LogP) is 2.38. The Kier molecular flexibility index (Phi) is 4.68. The molecule has 2 aromatic rings. The van der Waals surface area contributed by atoms with Gasteiger partial charge in [-0.3, -0.25) is 4.57 Å². The van der Waals surface area contributed by atoms with Gasteiger partial charge in [-0.25, -0.2) is 4.39 Å². The van der Waals surface area contributed by atoms with E-state index in [1.54, 1.807) is 0 Å². The van der Waals surface area contributed by atoms with Gasteiger partial charge in [-0.1, -0.05) is 6.07 Å². The summed E-state index contributed by atoms with van der Waals surface area (Å²) in [7, 11) is 0. The van der Waals surface area contributed by atoms with Crippen molar-refractivity contribution in [3.8, 4) is 11.8 Å². The normalized spacial score (nSPS) is 16.7. The summed E-state index contributed by atoms with van der Waals surface area (Å²) in [6.07, 6.45) is -3.66. The molecule has 1 N–H and O–H groups in total. The highest BCUT2D eigenvalue weighted by Crippen LogP contribution is 2.25. The van der Waals surface area contributed by atoms with Crippen molar-refractivity contribution < 1.29 is 32.0 Å². The zero-order valence-corrected chi connectivity index (χ0v) is 13.0. The summed E-state index contributed by atoms with van der Waals surface area (Å²) in [4.78, 5) is 13.8. The fraction of sp³-hybridized carbons (Fsp3) is 0.357. The maximum Gasteiger partial charge on any atom is 0.573 e. The minimum Gasteiger partial charge on any atom is -0.444 e. The van der Waals surface area contributed by atoms with Crippen LogP contribution in [0.25, 0.3) is 0 Å². The first-order valence-electron chi connectivity index (χ1n) is 7.33. The molecule has 0 fully saturated rings. The van der Waals surface area contributed by atoms with Gasteiger partial charge in [0.2, 0.25) is 0 Å². The second-order valence-corrected chi connectivity index (χ2v) is 5.48. The molecule has 1 aromatic heterocycles. The number of hydrogen-bond acceptors (Lipinski definition) is 6. The molecule has 26 heavy (non-hydrogen) atoms. The molecule has 1 aromatic carbocycles. The number of aromatic nitrogens is 2. The van der Waals surface area contributed by atoms with Crippen molar-refractivity contribution in [2.45, 2.75) is 25.5 Å². The first kappa shape index (κ1) is 17.9. The Morgan fingerprint density at radius 3 is 2.88 bits per heavy atom. The van der Waals surface area contributed by atoms with E-state index in [0.29, 0.717) is 12.6 Å². The van der Waals surface area contributed by atoms with Crippen LogP contribution in [-0.4, -0.2) is 33.5 Å². The van der Waals surface area contributed by atoms with E-state index in [2.05, 4.69) is 15.0 Å². The molecule has 0 amide bonds. The number of alkyl halides is 3. The van der Waals surface area contributed by atoms with Gasteiger partial charge in [-0.15, -0.1) is 13.2 Å². The van der Waals surface area contributed by atoms with Gasteiger partial charge in [0.1, 0.15) is 24.4 Å². The molecule has 2 heterocycles. The third-order valence-electron chi connectivity index (χ3n) is 3.58. The Morgan fingerprint density at radius 2 is 2.23 bits per heavy atom. The molecule has 0 bridgehead atoms. The summed E-state index contributed by atoms with van der Waals surface area (Å²) in [6, 6.07) is 2.68. The van der Waals surface area contributed by atoms with Gasteiger partial charge < -0.3 is 24.9 Å². The van der Waals surface area contributed by atoms with Crippen molar-refractivity contribution in [2.75, 3.05) is 6.61 Å². The van der Waals surface area contributed by atoms with E-state index < -0.39 is 22.9 Å². The Bertz CT molecular complexity index is 824. The molecule has 8 nitrogen and oxygen atoms in total. The van der Waals surface area contributed by atoms with Crippen molar-refractivity contribution in [1.29, 1.82) is 0 Å². The van der Waals surface area contributed by atoms with E-state index in [1.165, 1.54) is 16.8 Å². The first-order chi connectivity index (χ1) is 12.2. The third-order valence-corrected chi connectivity index (χ3v) is 3.58. The molecular formula is C14H12F4N4O4. The molecule has 0 saturated carbocycles. The third kappa shape index (κ3) is 4.20. The van der Waals surface area contributed by atoms with E-state index in [9.17, 15) is 27.7 Å². The number of hydrogen-bond donors (Lipinski definition) is 1. The van der Waals surface area contributed by atoms with Crippen LogP contribution >= 0.6 is 0 Å². The summed E-state index contributed by atoms with van der Waals surface area (Å²) < 4.78 is 60.7. The van der Waals surface area contributed by atoms with Gasteiger partial charge in [-0.2, -0.15) is 0 Å². The lowest BCUT2D eigenvalue weighted by atomic mass is 10.2. The van der Waals surface area contributed by atoms with Crippen LogP contribution in [0.2, 0.25) is 0 Å². The maximum atomic E-state index is 13.9. The predicted molar refractivity (Wildman–Crippen MR) is 78.1 cm³/mol. The van der Waals surface area contributed by atoms with Crippen LogP contribution in [0.5, 0.6) is 11.8 Å². The number of halogens is 4. The molecule has 12 heteroatoms. The van der Waals surface area contributed by atoms with E-state index in [-0.39, 0.29) is 36.6 Å². The minimum atomic E-state index is -4.89. The van der Waals surface area contributed by atoms with Gasteiger partial charge in [0.25, 0.3) is 0 Å². The van der Waals surface area contributed by atoms with Crippen molar-refractivity contribution in [3.63, 3.8) is 0 Å². The lowest BCUT2D eigenvalue weighted by Gasteiger charge is -2.23. The molecule has 1 atom stereocenters. The van der Waals surface area contributed by atoms with Gasteiger partial charge in [0, 0.05) is 29.7 Å². The first-order valence-corrected chi connectivity index (χ1v) is 7.33. The summed E-state index contributed by atoms with van der Waals surface area (Å²) in [6.45, 7) is 0.496. The van der Waals surface area contributed by atoms with Crippen LogP contribution in [0.1, 0.15) is 5.56 Å². The van der Waals surface area contributed by atoms with Crippen LogP contribution in [0.3, 0.4) is 0 Å². The molecule has 0 saturated heterocycles. The van der Waals surface area contributed by atoms with E-state index in [4.69, 9.17) is 4.74 Å². The number of imidazole rings is 1. The van der Waals surface area contributed by atoms with E-state index >= 15 is 0 Å². The number of nitro groups is 1. The van der Waals surface area contributed by atoms with Gasteiger partial charge >= 0.3 is 18.2 Å². The fourth-order valence-corrected chi connectivity index (χ4v) is 2.43. The van der Waals surface area contributed by atoms with Crippen LogP contribution < -0.4 is 14.8 Å². The number of ether oxygens (including phenoxy) is 2. The highest BCUT2D eigenvalue weighted by atomic mass is 19.4. The minimum absolute atomic E-state index is 0.0261. The zero-order chi connectivity index (χ0) is 18.9. The zero-order valence-electron chi connectivity index (χ0n) is 13.0. The molecule has 0 unspecified atom stereocenters. The van der Waals surface area contributed by atoms with Crippen molar-refractivity contribution in [1.82, 2.24) is 14.9 Å². The van der Waals surface area contributed by atoms with Crippen molar-refractivity contribution >= 4 is 5.82 Å². The lowest BCUT2D eigenvalue weighted by Crippen LogP contribution is -2.41. The Balaban J connectivity index is 1.60. The second kappa shape index (κ2) is 6.78. The smallest absolute Gasteiger partial charge is 0.444 e. The highest BCUT2D eigenvalue weighted by molar-refractivity contribution is 5.29. The average molecular weight is 376 g/mol. The monoisotopic (exact) mass is 376 g/mol. The second-order valence-electron chi connectivity index (χ2n) is 5.48. The summed E-state index contributed by atoms with van der Waals surface area (Å²) in [5.41, 5.74) is 0.141. The molecule has 140 valence electrons. The molecule has 0 spiro atoms. The van der Waals surface area contributed by atoms with E-state index in [1.807, 2.05) is 0 Å². The molecule has 1 aliphatic heterocycles. The average Bonchev–Trinajstić information content (AvgIpc) is 2.96. The number of fused-ring (bicyclic) bond motifs is 1. The molecule has 0 radical (unpaired) electrons. The SMILES string of the molecule is O=[N+]([O-])c1cn2c(n1)OC[C@@H](NCc1ccc(OC(F)(F)F)cc1F)C2. The molecule has 0 aliphatic carbocycles. The van der Waals surface area contributed by atoms with Crippen molar-refractivity contribution in [2.24, 2.45) is 0 Å². The van der Waals surface area contributed by atoms with Gasteiger partial charge in [0.15, 0.2) is 0 Å². The standard InChI is InChI=1S/C14H12F4N4O4/c15-11-3-10(26-14(16,17)18)2-1-8(11)4-19-9-5-21-6-12(22(23)24)20-13(21)25-7-9/h1-3,6,9,19H,4-5,7H2/t9-/m0/s1.